The summed E-state index contributed by atoms with van der Waals surface area (Å²) < 4.78 is 5.14. The van der Waals surface area contributed by atoms with Crippen LogP contribution in [0, 0.1) is 19.8 Å². The lowest BCUT2D eigenvalue weighted by Gasteiger charge is -2.11. The van der Waals surface area contributed by atoms with Gasteiger partial charge in [0.2, 0.25) is 0 Å². The first-order valence-electron chi connectivity index (χ1n) is 5.82. The molecular formula is C12H20N2O. The Balaban J connectivity index is 1.88. The van der Waals surface area contributed by atoms with E-state index < -0.39 is 0 Å². The van der Waals surface area contributed by atoms with Crippen LogP contribution in [0.5, 0.6) is 0 Å². The Morgan fingerprint density at radius 2 is 2.20 bits per heavy atom. The molecule has 3 heteroatoms. The Morgan fingerprint density at radius 3 is 2.73 bits per heavy atom. The summed E-state index contributed by atoms with van der Waals surface area (Å²) in [6.07, 6.45) is 3.98. The lowest BCUT2D eigenvalue weighted by molar-refractivity contribution is 0.391. The first kappa shape index (κ1) is 10.7. The minimum Gasteiger partial charge on any atom is -0.361 e. The van der Waals surface area contributed by atoms with Crippen molar-refractivity contribution in [1.82, 2.24) is 10.5 Å². The van der Waals surface area contributed by atoms with Gasteiger partial charge in [0.25, 0.3) is 0 Å². The zero-order chi connectivity index (χ0) is 10.8. The van der Waals surface area contributed by atoms with Gasteiger partial charge >= 0.3 is 0 Å². The van der Waals surface area contributed by atoms with E-state index in [4.69, 9.17) is 4.52 Å². The highest BCUT2D eigenvalue weighted by molar-refractivity contribution is 5.20. The Bertz CT molecular complexity index is 313. The maximum absolute atomic E-state index is 5.14. The van der Waals surface area contributed by atoms with E-state index in [1.54, 1.807) is 0 Å². The van der Waals surface area contributed by atoms with E-state index in [9.17, 15) is 0 Å². The molecule has 1 aliphatic rings. The van der Waals surface area contributed by atoms with Crippen LogP contribution in [-0.4, -0.2) is 11.2 Å². The van der Waals surface area contributed by atoms with Gasteiger partial charge in [0.05, 0.1) is 5.69 Å². The number of nitrogens with one attached hydrogen (secondary N) is 1. The number of nitrogens with zero attached hydrogens (tertiary/aromatic N) is 1. The Labute approximate surface area is 91.2 Å². The van der Waals surface area contributed by atoms with E-state index >= 15 is 0 Å². The van der Waals surface area contributed by atoms with Crippen LogP contribution in [0.15, 0.2) is 4.52 Å². The summed E-state index contributed by atoms with van der Waals surface area (Å²) in [6.45, 7) is 7.22. The van der Waals surface area contributed by atoms with Crippen molar-refractivity contribution < 1.29 is 4.52 Å². The topological polar surface area (TPSA) is 38.1 Å². The SMILES string of the molecule is Cc1noc(C)c1CN[C@@H]1CC[C@H](C)C1. The zero-order valence-corrected chi connectivity index (χ0v) is 9.84. The van der Waals surface area contributed by atoms with Crippen LogP contribution in [0.3, 0.4) is 0 Å². The molecule has 1 fully saturated rings. The number of aromatic nitrogens is 1. The molecule has 0 aromatic carbocycles. The molecule has 0 unspecified atom stereocenters. The summed E-state index contributed by atoms with van der Waals surface area (Å²) in [4.78, 5) is 0. The van der Waals surface area contributed by atoms with Crippen LogP contribution in [0.4, 0.5) is 0 Å². The van der Waals surface area contributed by atoms with E-state index in [1.807, 2.05) is 13.8 Å². The van der Waals surface area contributed by atoms with Crippen molar-refractivity contribution in [2.24, 2.45) is 5.92 Å². The molecule has 0 amide bonds. The minimum atomic E-state index is 0.689. The lowest BCUT2D eigenvalue weighted by Crippen LogP contribution is -2.26. The van der Waals surface area contributed by atoms with E-state index in [0.29, 0.717) is 6.04 Å². The molecule has 1 saturated carbocycles. The van der Waals surface area contributed by atoms with Crippen molar-refractivity contribution >= 4 is 0 Å². The molecule has 0 aliphatic heterocycles. The van der Waals surface area contributed by atoms with E-state index in [-0.39, 0.29) is 0 Å². The van der Waals surface area contributed by atoms with E-state index in [2.05, 4.69) is 17.4 Å². The summed E-state index contributed by atoms with van der Waals surface area (Å²) in [5.74, 6) is 1.83. The number of hydrogen-bond acceptors (Lipinski definition) is 3. The average molecular weight is 208 g/mol. The van der Waals surface area contributed by atoms with Crippen LogP contribution in [0.2, 0.25) is 0 Å². The molecule has 2 rings (SSSR count). The molecule has 1 aromatic heterocycles. The average Bonchev–Trinajstić information content (AvgIpc) is 2.73. The van der Waals surface area contributed by atoms with Crippen molar-refractivity contribution in [2.75, 3.05) is 0 Å². The Morgan fingerprint density at radius 1 is 1.40 bits per heavy atom. The van der Waals surface area contributed by atoms with Crippen molar-refractivity contribution in [1.29, 1.82) is 0 Å². The predicted octanol–water partition coefficient (Wildman–Crippen LogP) is 2.57. The predicted molar refractivity (Wildman–Crippen MR) is 59.6 cm³/mol. The largest absolute Gasteiger partial charge is 0.361 e. The highest BCUT2D eigenvalue weighted by atomic mass is 16.5. The third-order valence-electron chi connectivity index (χ3n) is 3.44. The van der Waals surface area contributed by atoms with Gasteiger partial charge in [-0.15, -0.1) is 0 Å². The van der Waals surface area contributed by atoms with Gasteiger partial charge in [-0.05, 0) is 39.0 Å². The summed E-state index contributed by atoms with van der Waals surface area (Å²) in [5, 5.41) is 7.56. The van der Waals surface area contributed by atoms with E-state index in [0.717, 1.165) is 23.9 Å². The van der Waals surface area contributed by atoms with Crippen molar-refractivity contribution in [3.63, 3.8) is 0 Å². The fraction of sp³-hybridized carbons (Fsp3) is 0.750. The highest BCUT2D eigenvalue weighted by Crippen LogP contribution is 2.25. The summed E-state index contributed by atoms with van der Waals surface area (Å²) in [5.41, 5.74) is 2.25. The summed E-state index contributed by atoms with van der Waals surface area (Å²) in [6, 6.07) is 0.689. The Kier molecular flexibility index (Phi) is 3.10. The van der Waals surface area contributed by atoms with Gasteiger partial charge in [-0.3, -0.25) is 0 Å². The molecule has 1 aliphatic carbocycles. The van der Waals surface area contributed by atoms with Gasteiger partial charge in [-0.2, -0.15) is 0 Å². The minimum absolute atomic E-state index is 0.689. The molecule has 1 heterocycles. The number of hydrogen-bond donors (Lipinski definition) is 1. The maximum atomic E-state index is 5.14. The first-order chi connectivity index (χ1) is 7.16. The number of aryl methyl sites for hydroxylation is 2. The molecule has 2 atom stereocenters. The molecule has 1 aromatic rings. The number of rotatable bonds is 3. The second-order valence-corrected chi connectivity index (χ2v) is 4.80. The van der Waals surface area contributed by atoms with Crippen LogP contribution < -0.4 is 5.32 Å². The third kappa shape index (κ3) is 2.40. The molecule has 0 bridgehead atoms. The quantitative estimate of drug-likeness (QED) is 0.829. The molecule has 84 valence electrons. The highest BCUT2D eigenvalue weighted by Gasteiger charge is 2.21. The van der Waals surface area contributed by atoms with Crippen LogP contribution in [-0.2, 0) is 6.54 Å². The second-order valence-electron chi connectivity index (χ2n) is 4.80. The van der Waals surface area contributed by atoms with Crippen molar-refractivity contribution in [3.05, 3.63) is 17.0 Å². The fourth-order valence-corrected chi connectivity index (χ4v) is 2.39. The maximum Gasteiger partial charge on any atom is 0.138 e. The molecule has 0 saturated heterocycles. The smallest absolute Gasteiger partial charge is 0.138 e. The summed E-state index contributed by atoms with van der Waals surface area (Å²) in [7, 11) is 0. The molecule has 3 nitrogen and oxygen atoms in total. The van der Waals surface area contributed by atoms with Crippen molar-refractivity contribution in [3.8, 4) is 0 Å². The second kappa shape index (κ2) is 4.35. The standard InChI is InChI=1S/C12H20N2O/c1-8-4-5-11(6-8)13-7-12-9(2)14-15-10(12)3/h8,11,13H,4-7H2,1-3H3/t8-,11+/m0/s1. The lowest BCUT2D eigenvalue weighted by atomic mass is 10.1. The normalized spacial score (nSPS) is 26.1. The van der Waals surface area contributed by atoms with Crippen LogP contribution in [0.1, 0.15) is 43.2 Å². The van der Waals surface area contributed by atoms with Crippen LogP contribution >= 0.6 is 0 Å². The van der Waals surface area contributed by atoms with E-state index in [1.165, 1.54) is 24.8 Å². The van der Waals surface area contributed by atoms with Gasteiger partial charge in [0.1, 0.15) is 5.76 Å². The molecule has 0 spiro atoms. The van der Waals surface area contributed by atoms with Gasteiger partial charge in [0.15, 0.2) is 0 Å². The zero-order valence-electron chi connectivity index (χ0n) is 9.84. The van der Waals surface area contributed by atoms with Gasteiger partial charge in [-0.1, -0.05) is 12.1 Å². The van der Waals surface area contributed by atoms with Gasteiger partial charge in [-0.25, -0.2) is 0 Å². The van der Waals surface area contributed by atoms with Crippen LogP contribution in [0.25, 0.3) is 0 Å². The third-order valence-corrected chi connectivity index (χ3v) is 3.44. The fourth-order valence-electron chi connectivity index (χ4n) is 2.39. The molecule has 1 N–H and O–H groups in total. The summed E-state index contributed by atoms with van der Waals surface area (Å²) >= 11 is 0. The monoisotopic (exact) mass is 208 g/mol. The van der Waals surface area contributed by atoms with Crippen molar-refractivity contribution in [2.45, 2.75) is 52.6 Å². The molecule has 0 radical (unpaired) electrons. The first-order valence-corrected chi connectivity index (χ1v) is 5.82. The molecule has 15 heavy (non-hydrogen) atoms. The Hall–Kier alpha value is -0.830. The van der Waals surface area contributed by atoms with Gasteiger partial charge in [0, 0.05) is 18.2 Å². The molecular weight excluding hydrogens is 188 g/mol. The van der Waals surface area contributed by atoms with Gasteiger partial charge < -0.3 is 9.84 Å².